The van der Waals surface area contributed by atoms with Crippen LogP contribution >= 0.6 is 34.2 Å². The highest BCUT2D eigenvalue weighted by atomic mass is 127. The second-order valence-corrected chi connectivity index (χ2v) is 4.59. The molecule has 0 radical (unpaired) electrons. The average molecular weight is 278 g/mol. The molecule has 0 aromatic carbocycles. The van der Waals surface area contributed by atoms with E-state index in [0.29, 0.717) is 6.42 Å². The predicted octanol–water partition coefficient (Wildman–Crippen LogP) is 2.46. The lowest BCUT2D eigenvalue weighted by molar-refractivity contribution is 0.0577. The summed E-state index contributed by atoms with van der Waals surface area (Å²) in [7, 11) is 0. The molecular formula is C5H8ClIO3. The SMILES string of the molecule is CC(CC(Cl)I)OC(=O)O. The third-order valence-corrected chi connectivity index (χ3v) is 1.50. The van der Waals surface area contributed by atoms with Gasteiger partial charge in [-0.2, -0.15) is 0 Å². The minimum Gasteiger partial charge on any atom is -0.450 e. The van der Waals surface area contributed by atoms with Crippen molar-refractivity contribution in [1.82, 2.24) is 0 Å². The zero-order chi connectivity index (χ0) is 8.15. The summed E-state index contributed by atoms with van der Waals surface area (Å²) in [5.74, 6) is 0. The van der Waals surface area contributed by atoms with Crippen molar-refractivity contribution in [3.05, 3.63) is 0 Å². The Kier molecular flexibility index (Phi) is 5.15. The van der Waals surface area contributed by atoms with E-state index in [4.69, 9.17) is 16.7 Å². The lowest BCUT2D eigenvalue weighted by Crippen LogP contribution is -2.14. The monoisotopic (exact) mass is 278 g/mol. The van der Waals surface area contributed by atoms with Gasteiger partial charge in [-0.15, -0.1) is 11.6 Å². The Bertz CT molecular complexity index is 117. The van der Waals surface area contributed by atoms with Gasteiger partial charge in [-0.3, -0.25) is 0 Å². The molecule has 2 unspecified atom stereocenters. The van der Waals surface area contributed by atoms with E-state index in [2.05, 4.69) is 4.74 Å². The zero-order valence-electron chi connectivity index (χ0n) is 5.38. The van der Waals surface area contributed by atoms with Gasteiger partial charge in [0.15, 0.2) is 0 Å². The largest absolute Gasteiger partial charge is 0.506 e. The number of ether oxygens (including phenoxy) is 1. The third kappa shape index (κ3) is 6.41. The molecule has 0 aliphatic heterocycles. The number of alkyl halides is 2. The molecule has 2 atom stereocenters. The first-order valence-corrected chi connectivity index (χ1v) is 4.38. The highest BCUT2D eigenvalue weighted by molar-refractivity contribution is 14.1. The van der Waals surface area contributed by atoms with Gasteiger partial charge in [0.05, 0.1) is 3.38 Å². The summed E-state index contributed by atoms with van der Waals surface area (Å²) >= 11 is 7.57. The van der Waals surface area contributed by atoms with Crippen LogP contribution in [0.2, 0.25) is 0 Å². The van der Waals surface area contributed by atoms with E-state index in [1.807, 2.05) is 22.6 Å². The van der Waals surface area contributed by atoms with Gasteiger partial charge in [-0.1, -0.05) is 22.6 Å². The van der Waals surface area contributed by atoms with Crippen LogP contribution in [-0.2, 0) is 4.74 Å². The number of hydrogen-bond donors (Lipinski definition) is 1. The summed E-state index contributed by atoms with van der Waals surface area (Å²) in [6, 6.07) is 0. The first kappa shape index (κ1) is 10.3. The van der Waals surface area contributed by atoms with Gasteiger partial charge in [0.1, 0.15) is 6.10 Å². The average Bonchev–Trinajstić information content (AvgIpc) is 1.58. The summed E-state index contributed by atoms with van der Waals surface area (Å²) in [6.07, 6.45) is -1.04. The predicted molar refractivity (Wildman–Crippen MR) is 46.8 cm³/mol. The first-order valence-electron chi connectivity index (χ1n) is 2.70. The fourth-order valence-electron chi connectivity index (χ4n) is 0.471. The van der Waals surface area contributed by atoms with Crippen molar-refractivity contribution >= 4 is 40.3 Å². The molecule has 1 N–H and O–H groups in total. The smallest absolute Gasteiger partial charge is 0.450 e. The van der Waals surface area contributed by atoms with Crippen LogP contribution in [0.25, 0.3) is 0 Å². The molecule has 0 aromatic heterocycles. The zero-order valence-corrected chi connectivity index (χ0v) is 8.29. The topological polar surface area (TPSA) is 46.5 Å². The van der Waals surface area contributed by atoms with Crippen molar-refractivity contribution in [1.29, 1.82) is 0 Å². The fraction of sp³-hybridized carbons (Fsp3) is 0.800. The lowest BCUT2D eigenvalue weighted by atomic mass is 10.3. The van der Waals surface area contributed by atoms with Crippen LogP contribution in [0.15, 0.2) is 0 Å². The maximum absolute atomic E-state index is 9.92. The molecule has 0 fully saturated rings. The van der Waals surface area contributed by atoms with E-state index in [0.717, 1.165) is 0 Å². The Balaban J connectivity index is 3.43. The molecule has 0 aliphatic carbocycles. The van der Waals surface area contributed by atoms with E-state index >= 15 is 0 Å². The molecule has 0 amide bonds. The third-order valence-electron chi connectivity index (χ3n) is 0.812. The van der Waals surface area contributed by atoms with E-state index in [1.54, 1.807) is 6.92 Å². The Morgan fingerprint density at radius 2 is 2.40 bits per heavy atom. The Labute approximate surface area is 77.8 Å². The van der Waals surface area contributed by atoms with Crippen LogP contribution in [0.4, 0.5) is 4.79 Å². The molecule has 10 heavy (non-hydrogen) atoms. The highest BCUT2D eigenvalue weighted by Gasteiger charge is 2.10. The van der Waals surface area contributed by atoms with E-state index < -0.39 is 6.16 Å². The summed E-state index contributed by atoms with van der Waals surface area (Å²) < 4.78 is 4.31. The molecular weight excluding hydrogens is 270 g/mol. The van der Waals surface area contributed by atoms with Crippen LogP contribution in [0.3, 0.4) is 0 Å². The Morgan fingerprint density at radius 1 is 1.90 bits per heavy atom. The maximum atomic E-state index is 9.92. The van der Waals surface area contributed by atoms with Crippen LogP contribution < -0.4 is 0 Å². The van der Waals surface area contributed by atoms with Gasteiger partial charge < -0.3 is 9.84 Å². The van der Waals surface area contributed by atoms with Crippen LogP contribution in [0.5, 0.6) is 0 Å². The van der Waals surface area contributed by atoms with Gasteiger partial charge in [0.25, 0.3) is 0 Å². The van der Waals surface area contributed by atoms with Crippen molar-refractivity contribution in [3.8, 4) is 0 Å². The van der Waals surface area contributed by atoms with Gasteiger partial charge in [-0.25, -0.2) is 4.79 Å². The quantitative estimate of drug-likeness (QED) is 0.490. The van der Waals surface area contributed by atoms with Crippen LogP contribution in [-0.4, -0.2) is 20.7 Å². The van der Waals surface area contributed by atoms with Crippen molar-refractivity contribution in [2.24, 2.45) is 0 Å². The van der Waals surface area contributed by atoms with Crippen molar-refractivity contribution in [3.63, 3.8) is 0 Å². The van der Waals surface area contributed by atoms with Crippen LogP contribution in [0.1, 0.15) is 13.3 Å². The molecule has 60 valence electrons. The van der Waals surface area contributed by atoms with Crippen LogP contribution in [0, 0.1) is 0 Å². The number of carbonyl (C=O) groups is 1. The van der Waals surface area contributed by atoms with E-state index in [1.165, 1.54) is 0 Å². The number of hydrogen-bond acceptors (Lipinski definition) is 2. The van der Waals surface area contributed by atoms with Gasteiger partial charge >= 0.3 is 6.16 Å². The fourth-order valence-corrected chi connectivity index (χ4v) is 1.44. The number of carboxylic acid groups (broad SMARTS) is 1. The number of halogens is 2. The van der Waals surface area contributed by atoms with Gasteiger partial charge in [0.2, 0.25) is 0 Å². The second kappa shape index (κ2) is 5.01. The summed E-state index contributed by atoms with van der Waals surface area (Å²) in [4.78, 5) is 9.92. The summed E-state index contributed by atoms with van der Waals surface area (Å²) in [5, 5.41) is 8.13. The molecule has 0 saturated carbocycles. The van der Waals surface area contributed by atoms with Gasteiger partial charge in [0, 0.05) is 6.42 Å². The normalized spacial score (nSPS) is 15.9. The van der Waals surface area contributed by atoms with Gasteiger partial charge in [-0.05, 0) is 6.92 Å². The molecule has 0 bridgehead atoms. The van der Waals surface area contributed by atoms with Crippen molar-refractivity contribution < 1.29 is 14.6 Å². The first-order chi connectivity index (χ1) is 4.52. The number of rotatable bonds is 3. The van der Waals surface area contributed by atoms with Crippen molar-refractivity contribution in [2.75, 3.05) is 0 Å². The maximum Gasteiger partial charge on any atom is 0.506 e. The minimum absolute atomic E-state index is 0.0769. The molecule has 0 saturated heterocycles. The summed E-state index contributed by atoms with van der Waals surface area (Å²) in [5.41, 5.74) is 0. The molecule has 0 aromatic rings. The molecule has 3 nitrogen and oxygen atoms in total. The Hall–Kier alpha value is 0.290. The molecule has 0 rings (SSSR count). The standard InChI is InChI=1S/C5H8ClIO3/c1-3(2-4(6)7)10-5(8)9/h3-4H,2H2,1H3,(H,8,9). The molecule has 0 heterocycles. The van der Waals surface area contributed by atoms with Crippen molar-refractivity contribution in [2.45, 2.75) is 22.8 Å². The van der Waals surface area contributed by atoms with E-state index in [9.17, 15) is 4.79 Å². The van der Waals surface area contributed by atoms with E-state index in [-0.39, 0.29) is 9.49 Å². The lowest BCUT2D eigenvalue weighted by Gasteiger charge is -2.09. The highest BCUT2D eigenvalue weighted by Crippen LogP contribution is 2.14. The molecule has 5 heteroatoms. The molecule has 0 aliphatic rings. The Morgan fingerprint density at radius 3 is 2.70 bits per heavy atom. The minimum atomic E-state index is -1.25. The second-order valence-electron chi connectivity index (χ2n) is 1.82. The summed E-state index contributed by atoms with van der Waals surface area (Å²) in [6.45, 7) is 1.67. The molecule has 0 spiro atoms.